The van der Waals surface area contributed by atoms with Gasteiger partial charge in [-0.2, -0.15) is 0 Å². The van der Waals surface area contributed by atoms with Crippen molar-refractivity contribution in [2.75, 3.05) is 4.90 Å². The fourth-order valence-electron chi connectivity index (χ4n) is 10.3. The maximum atomic E-state index is 2.46. The maximum Gasteiger partial charge on any atom is 0.0619 e. The molecule has 0 aliphatic rings. The zero-order chi connectivity index (χ0) is 42.8. The minimum absolute atomic E-state index is 1.10. The summed E-state index contributed by atoms with van der Waals surface area (Å²) < 4.78 is 4.90. The van der Waals surface area contributed by atoms with Gasteiger partial charge in [0, 0.05) is 60.6 Å². The van der Waals surface area contributed by atoms with Gasteiger partial charge in [0.25, 0.3) is 0 Å². The van der Waals surface area contributed by atoms with Crippen LogP contribution in [0, 0.1) is 0 Å². The van der Waals surface area contributed by atoms with E-state index in [-0.39, 0.29) is 0 Å². The van der Waals surface area contributed by atoms with Crippen LogP contribution < -0.4 is 4.90 Å². The predicted molar refractivity (Wildman–Crippen MR) is 276 cm³/mol. The molecule has 11 aromatic carbocycles. The maximum absolute atomic E-state index is 2.46. The van der Waals surface area contributed by atoms with Crippen molar-refractivity contribution < 1.29 is 0 Å². The lowest BCUT2D eigenvalue weighted by atomic mass is 9.94. The summed E-state index contributed by atoms with van der Waals surface area (Å²) >= 11 is 0. The van der Waals surface area contributed by atoms with Gasteiger partial charge in [0.2, 0.25) is 0 Å². The number of nitrogens with zero attached hydrogens (tertiary/aromatic N) is 3. The van der Waals surface area contributed by atoms with Gasteiger partial charge in [-0.15, -0.1) is 0 Å². The van der Waals surface area contributed by atoms with E-state index in [0.717, 1.165) is 34.0 Å². The van der Waals surface area contributed by atoms with Crippen molar-refractivity contribution in [3.05, 3.63) is 249 Å². The van der Waals surface area contributed by atoms with E-state index in [2.05, 4.69) is 263 Å². The number of anilines is 3. The molecule has 0 aliphatic carbocycles. The molecule has 0 spiro atoms. The highest BCUT2D eigenvalue weighted by atomic mass is 15.1. The van der Waals surface area contributed by atoms with Crippen LogP contribution >= 0.6 is 0 Å². The quantitative estimate of drug-likeness (QED) is 0.156. The third-order valence-electron chi connectivity index (χ3n) is 13.2. The fourth-order valence-corrected chi connectivity index (χ4v) is 10.3. The van der Waals surface area contributed by atoms with Crippen LogP contribution in [-0.2, 0) is 0 Å². The van der Waals surface area contributed by atoms with E-state index in [0.29, 0.717) is 0 Å². The molecule has 2 heterocycles. The first kappa shape index (κ1) is 36.9. The fraction of sp³-hybridized carbons (Fsp3) is 0. The summed E-state index contributed by atoms with van der Waals surface area (Å²) in [6, 6.07) is 90.7. The molecule has 0 bridgehead atoms. The van der Waals surface area contributed by atoms with Gasteiger partial charge in [0.15, 0.2) is 0 Å². The average Bonchev–Trinajstić information content (AvgIpc) is 3.90. The number of para-hydroxylation sites is 4. The first-order valence-corrected chi connectivity index (χ1v) is 22.3. The highest BCUT2D eigenvalue weighted by Gasteiger charge is 2.22. The Hall–Kier alpha value is -8.66. The lowest BCUT2D eigenvalue weighted by Gasteiger charge is -2.27. The second-order valence-corrected chi connectivity index (χ2v) is 16.9. The summed E-state index contributed by atoms with van der Waals surface area (Å²) in [6.07, 6.45) is 0. The number of hydrogen-bond acceptors (Lipinski definition) is 1. The lowest BCUT2D eigenvalue weighted by molar-refractivity contribution is 1.18. The Bertz CT molecular complexity index is 3910. The Kier molecular flexibility index (Phi) is 8.53. The molecule has 2 aromatic heterocycles. The molecule has 0 saturated heterocycles. The van der Waals surface area contributed by atoms with Gasteiger partial charge in [-0.1, -0.05) is 164 Å². The number of fused-ring (bicyclic) bond motifs is 9. The monoisotopic (exact) mass is 827 g/mol. The van der Waals surface area contributed by atoms with Crippen LogP contribution in [0.1, 0.15) is 0 Å². The molecule has 13 rings (SSSR count). The molecule has 0 fully saturated rings. The van der Waals surface area contributed by atoms with Gasteiger partial charge < -0.3 is 14.0 Å². The smallest absolute Gasteiger partial charge is 0.0619 e. The van der Waals surface area contributed by atoms with E-state index < -0.39 is 0 Å². The second kappa shape index (κ2) is 15.0. The SMILES string of the molecule is c1ccc(N(c2ccc(-c3cc(-c4ccc5c(c4)c4ccc6ccccc6c4n5-c4ccccc4)c4c(c3)c3ccccc3n4-c3ccccc3)cc2)c2cccc3ccccc23)cc1. The molecule has 304 valence electrons. The number of benzene rings is 11. The highest BCUT2D eigenvalue weighted by Crippen LogP contribution is 2.45. The van der Waals surface area contributed by atoms with Crippen molar-refractivity contribution in [3.8, 4) is 33.6 Å². The van der Waals surface area contributed by atoms with Gasteiger partial charge in [0.1, 0.15) is 0 Å². The Labute approximate surface area is 376 Å². The molecule has 0 saturated carbocycles. The van der Waals surface area contributed by atoms with Crippen molar-refractivity contribution in [3.63, 3.8) is 0 Å². The summed E-state index contributed by atoms with van der Waals surface area (Å²) in [5.74, 6) is 0. The Morgan fingerprint density at radius 2 is 0.815 bits per heavy atom. The van der Waals surface area contributed by atoms with Crippen LogP contribution in [0.25, 0.3) is 98.8 Å². The van der Waals surface area contributed by atoms with Gasteiger partial charge in [-0.05, 0) is 112 Å². The molecule has 0 unspecified atom stereocenters. The van der Waals surface area contributed by atoms with Gasteiger partial charge in [-0.25, -0.2) is 0 Å². The average molecular weight is 828 g/mol. The third kappa shape index (κ3) is 5.97. The minimum atomic E-state index is 1.10. The number of aromatic nitrogens is 2. The molecule has 0 amide bonds. The van der Waals surface area contributed by atoms with Crippen molar-refractivity contribution >= 4 is 82.2 Å². The Balaban J connectivity index is 1.05. The van der Waals surface area contributed by atoms with Crippen LogP contribution in [0.3, 0.4) is 0 Å². The summed E-state index contributed by atoms with van der Waals surface area (Å²) in [5.41, 5.74) is 15.1. The Morgan fingerprint density at radius 1 is 0.277 bits per heavy atom. The summed E-state index contributed by atoms with van der Waals surface area (Å²) in [5, 5.41) is 9.83. The summed E-state index contributed by atoms with van der Waals surface area (Å²) in [7, 11) is 0. The van der Waals surface area contributed by atoms with E-state index in [1.165, 1.54) is 81.8 Å². The molecule has 0 radical (unpaired) electrons. The van der Waals surface area contributed by atoms with E-state index >= 15 is 0 Å². The molecular formula is C62H41N3. The van der Waals surface area contributed by atoms with Crippen LogP contribution in [0.5, 0.6) is 0 Å². The van der Waals surface area contributed by atoms with Crippen molar-refractivity contribution in [2.24, 2.45) is 0 Å². The van der Waals surface area contributed by atoms with Crippen LogP contribution in [0.4, 0.5) is 17.1 Å². The summed E-state index contributed by atoms with van der Waals surface area (Å²) in [4.78, 5) is 2.37. The van der Waals surface area contributed by atoms with E-state index in [9.17, 15) is 0 Å². The second-order valence-electron chi connectivity index (χ2n) is 16.9. The Morgan fingerprint density at radius 3 is 1.55 bits per heavy atom. The standard InChI is InChI=1S/C62H41N3/c1-4-20-47(21-5-1)63(58-30-16-19-43-17-10-12-26-51(43)58)50-35-31-42(32-36-50)46-40-55(62-57(41-46)53-28-14-15-29-59(53)64(62)48-22-6-2-7-23-48)45-34-38-60-56(39-45)54-37-33-44-18-11-13-27-52(44)61(54)65(60)49-24-8-3-9-25-49/h1-41H. The van der Waals surface area contributed by atoms with E-state index in [4.69, 9.17) is 0 Å². The lowest BCUT2D eigenvalue weighted by Crippen LogP contribution is -2.10. The van der Waals surface area contributed by atoms with Gasteiger partial charge >= 0.3 is 0 Å². The van der Waals surface area contributed by atoms with Crippen molar-refractivity contribution in [1.82, 2.24) is 9.13 Å². The first-order chi connectivity index (χ1) is 32.3. The highest BCUT2D eigenvalue weighted by molar-refractivity contribution is 6.20. The zero-order valence-corrected chi connectivity index (χ0v) is 35.5. The largest absolute Gasteiger partial charge is 0.310 e. The number of hydrogen-bond donors (Lipinski definition) is 0. The molecule has 65 heavy (non-hydrogen) atoms. The zero-order valence-electron chi connectivity index (χ0n) is 35.5. The predicted octanol–water partition coefficient (Wildman–Crippen LogP) is 17.0. The molecule has 0 aliphatic heterocycles. The van der Waals surface area contributed by atoms with Crippen LogP contribution in [0.15, 0.2) is 249 Å². The van der Waals surface area contributed by atoms with Crippen LogP contribution in [-0.4, -0.2) is 9.13 Å². The molecule has 0 N–H and O–H groups in total. The first-order valence-electron chi connectivity index (χ1n) is 22.3. The third-order valence-corrected chi connectivity index (χ3v) is 13.2. The topological polar surface area (TPSA) is 13.1 Å². The van der Waals surface area contributed by atoms with Gasteiger partial charge in [0.05, 0.1) is 27.8 Å². The van der Waals surface area contributed by atoms with Crippen molar-refractivity contribution in [1.29, 1.82) is 0 Å². The normalized spacial score (nSPS) is 11.7. The minimum Gasteiger partial charge on any atom is -0.310 e. The molecule has 3 nitrogen and oxygen atoms in total. The van der Waals surface area contributed by atoms with E-state index in [1.54, 1.807) is 0 Å². The van der Waals surface area contributed by atoms with Crippen LogP contribution in [0.2, 0.25) is 0 Å². The number of rotatable bonds is 7. The molecule has 13 aromatic rings. The van der Waals surface area contributed by atoms with Crippen molar-refractivity contribution in [2.45, 2.75) is 0 Å². The summed E-state index contributed by atoms with van der Waals surface area (Å²) in [6.45, 7) is 0. The molecule has 0 atom stereocenters. The molecule has 3 heteroatoms. The van der Waals surface area contributed by atoms with E-state index in [1.807, 2.05) is 0 Å². The van der Waals surface area contributed by atoms with Gasteiger partial charge in [-0.3, -0.25) is 0 Å². The molecular weight excluding hydrogens is 787 g/mol.